The van der Waals surface area contributed by atoms with Crippen LogP contribution in [0.15, 0.2) is 35.5 Å². The fraction of sp³-hybridized carbons (Fsp3) is 0.250. The molecule has 1 aliphatic heterocycles. The average molecular weight is 256 g/mol. The summed E-state index contributed by atoms with van der Waals surface area (Å²) in [4.78, 5) is 4.43. The van der Waals surface area contributed by atoms with E-state index in [2.05, 4.69) is 11.6 Å². The Hall–Kier alpha value is -0.990. The highest BCUT2D eigenvalue weighted by molar-refractivity contribution is 6.35. The van der Waals surface area contributed by atoms with E-state index in [1.807, 2.05) is 13.8 Å². The van der Waals surface area contributed by atoms with Gasteiger partial charge in [0.1, 0.15) is 11.3 Å². The molecule has 84 valence electrons. The number of hydrogen-bond acceptors (Lipinski definition) is 2. The van der Waals surface area contributed by atoms with Gasteiger partial charge in [0.05, 0.1) is 0 Å². The Morgan fingerprint density at radius 2 is 1.75 bits per heavy atom. The van der Waals surface area contributed by atoms with Crippen molar-refractivity contribution in [1.29, 1.82) is 0 Å². The minimum Gasteiger partial charge on any atom is -0.441 e. The molecule has 1 aromatic rings. The predicted molar refractivity (Wildman–Crippen MR) is 67.3 cm³/mol. The molecule has 0 aromatic heterocycles. The van der Waals surface area contributed by atoms with Crippen molar-refractivity contribution in [3.8, 4) is 0 Å². The summed E-state index contributed by atoms with van der Waals surface area (Å²) in [5.41, 5.74) is 0.369. The SMILES string of the molecule is C=C1OC(c2cc(Cl)cc(Cl)c2)=NC1(C)C. The Morgan fingerprint density at radius 1 is 1.19 bits per heavy atom. The van der Waals surface area contributed by atoms with Crippen molar-refractivity contribution in [2.45, 2.75) is 19.4 Å². The zero-order chi connectivity index (χ0) is 11.9. The minimum atomic E-state index is -0.399. The molecule has 4 heteroatoms. The predicted octanol–water partition coefficient (Wildman–Crippen LogP) is 4.06. The van der Waals surface area contributed by atoms with Crippen LogP contribution in [0.2, 0.25) is 10.0 Å². The maximum Gasteiger partial charge on any atom is 0.222 e. The molecule has 0 saturated heterocycles. The van der Waals surface area contributed by atoms with Gasteiger partial charge in [-0.3, -0.25) is 0 Å². The quantitative estimate of drug-likeness (QED) is 0.742. The third-order valence-corrected chi connectivity index (χ3v) is 2.83. The largest absolute Gasteiger partial charge is 0.441 e. The zero-order valence-electron chi connectivity index (χ0n) is 9.05. The van der Waals surface area contributed by atoms with Gasteiger partial charge in [-0.25, -0.2) is 4.99 Å². The third kappa shape index (κ3) is 2.08. The molecule has 16 heavy (non-hydrogen) atoms. The van der Waals surface area contributed by atoms with Gasteiger partial charge in [-0.2, -0.15) is 0 Å². The van der Waals surface area contributed by atoms with E-state index in [4.69, 9.17) is 27.9 Å². The van der Waals surface area contributed by atoms with Gasteiger partial charge in [-0.15, -0.1) is 0 Å². The average Bonchev–Trinajstić information content (AvgIpc) is 2.40. The van der Waals surface area contributed by atoms with Crippen LogP contribution in [0, 0.1) is 0 Å². The maximum atomic E-state index is 5.92. The van der Waals surface area contributed by atoms with Gasteiger partial charge in [0.2, 0.25) is 5.90 Å². The molecule has 0 fully saturated rings. The molecule has 2 rings (SSSR count). The smallest absolute Gasteiger partial charge is 0.222 e. The molecule has 0 saturated carbocycles. The number of hydrogen-bond donors (Lipinski definition) is 0. The lowest BCUT2D eigenvalue weighted by atomic mass is 10.1. The second-order valence-corrected chi connectivity index (χ2v) is 5.03. The summed E-state index contributed by atoms with van der Waals surface area (Å²) in [6.07, 6.45) is 0. The molecular formula is C12H11Cl2NO. The summed E-state index contributed by atoms with van der Waals surface area (Å²) >= 11 is 11.8. The molecule has 0 unspecified atom stereocenters. The van der Waals surface area contributed by atoms with Gasteiger partial charge in [0.15, 0.2) is 0 Å². The highest BCUT2D eigenvalue weighted by Gasteiger charge is 2.31. The highest BCUT2D eigenvalue weighted by atomic mass is 35.5. The summed E-state index contributed by atoms with van der Waals surface area (Å²) < 4.78 is 5.51. The van der Waals surface area contributed by atoms with Gasteiger partial charge in [0, 0.05) is 15.6 Å². The van der Waals surface area contributed by atoms with E-state index >= 15 is 0 Å². The lowest BCUT2D eigenvalue weighted by Crippen LogP contribution is -2.14. The van der Waals surface area contributed by atoms with Crippen molar-refractivity contribution in [3.05, 3.63) is 46.1 Å². The Balaban J connectivity index is 2.44. The molecule has 1 aliphatic rings. The number of aliphatic imine (C=N–C) groups is 1. The lowest BCUT2D eigenvalue weighted by molar-refractivity contribution is 0.384. The Bertz CT molecular complexity index is 472. The summed E-state index contributed by atoms with van der Waals surface area (Å²) in [5.74, 6) is 1.14. The van der Waals surface area contributed by atoms with Crippen molar-refractivity contribution in [2.24, 2.45) is 4.99 Å². The first-order valence-corrected chi connectivity index (χ1v) is 5.57. The Labute approximate surface area is 105 Å². The molecule has 1 heterocycles. The van der Waals surface area contributed by atoms with Crippen molar-refractivity contribution >= 4 is 29.1 Å². The van der Waals surface area contributed by atoms with E-state index in [0.717, 1.165) is 5.56 Å². The summed E-state index contributed by atoms with van der Waals surface area (Å²) in [6, 6.07) is 5.20. The van der Waals surface area contributed by atoms with E-state index in [-0.39, 0.29) is 0 Å². The van der Waals surface area contributed by atoms with Gasteiger partial charge in [-0.05, 0) is 32.0 Å². The van der Waals surface area contributed by atoms with Crippen LogP contribution in [0.5, 0.6) is 0 Å². The molecule has 0 radical (unpaired) electrons. The lowest BCUT2D eigenvalue weighted by Gasteiger charge is -2.11. The van der Waals surface area contributed by atoms with Crippen molar-refractivity contribution in [1.82, 2.24) is 0 Å². The molecule has 0 bridgehead atoms. The van der Waals surface area contributed by atoms with Crippen LogP contribution in [-0.4, -0.2) is 11.4 Å². The molecule has 1 aromatic carbocycles. The fourth-order valence-corrected chi connectivity index (χ4v) is 1.91. The standard InChI is InChI=1S/C12H11Cl2NO/c1-7-12(2,3)15-11(16-7)8-4-9(13)6-10(14)5-8/h4-6H,1H2,2-3H3. The number of ether oxygens (including phenoxy) is 1. The first-order valence-electron chi connectivity index (χ1n) is 4.82. The summed E-state index contributed by atoms with van der Waals surface area (Å²) in [6.45, 7) is 7.70. The second kappa shape index (κ2) is 3.79. The number of nitrogens with zero attached hydrogens (tertiary/aromatic N) is 1. The van der Waals surface area contributed by atoms with E-state index in [9.17, 15) is 0 Å². The molecule has 0 N–H and O–H groups in total. The molecule has 0 aliphatic carbocycles. The van der Waals surface area contributed by atoms with Crippen molar-refractivity contribution < 1.29 is 4.74 Å². The highest BCUT2D eigenvalue weighted by Crippen LogP contribution is 2.30. The van der Waals surface area contributed by atoms with E-state index < -0.39 is 5.54 Å². The summed E-state index contributed by atoms with van der Waals surface area (Å²) in [7, 11) is 0. The fourth-order valence-electron chi connectivity index (χ4n) is 1.38. The van der Waals surface area contributed by atoms with Crippen LogP contribution >= 0.6 is 23.2 Å². The van der Waals surface area contributed by atoms with E-state index in [1.165, 1.54) is 0 Å². The van der Waals surface area contributed by atoms with Gasteiger partial charge in [-0.1, -0.05) is 29.8 Å². The van der Waals surface area contributed by atoms with Crippen LogP contribution in [0.1, 0.15) is 19.4 Å². The van der Waals surface area contributed by atoms with Gasteiger partial charge in [0.25, 0.3) is 0 Å². The van der Waals surface area contributed by atoms with Gasteiger partial charge < -0.3 is 4.74 Å². The van der Waals surface area contributed by atoms with Crippen LogP contribution < -0.4 is 0 Å². The minimum absolute atomic E-state index is 0.399. The van der Waals surface area contributed by atoms with Gasteiger partial charge >= 0.3 is 0 Å². The first kappa shape index (κ1) is 11.5. The van der Waals surface area contributed by atoms with Crippen molar-refractivity contribution in [3.63, 3.8) is 0 Å². The van der Waals surface area contributed by atoms with Crippen LogP contribution in [0.25, 0.3) is 0 Å². The first-order chi connectivity index (χ1) is 7.38. The molecule has 0 amide bonds. The summed E-state index contributed by atoms with van der Waals surface area (Å²) in [5, 5.41) is 1.12. The molecule has 0 atom stereocenters. The molecule has 0 spiro atoms. The Morgan fingerprint density at radius 3 is 2.19 bits per heavy atom. The van der Waals surface area contributed by atoms with Crippen LogP contribution in [0.3, 0.4) is 0 Å². The number of benzene rings is 1. The van der Waals surface area contributed by atoms with E-state index in [1.54, 1.807) is 18.2 Å². The van der Waals surface area contributed by atoms with Crippen molar-refractivity contribution in [2.75, 3.05) is 0 Å². The normalized spacial score (nSPS) is 18.2. The van der Waals surface area contributed by atoms with E-state index in [0.29, 0.717) is 21.7 Å². The monoisotopic (exact) mass is 255 g/mol. The maximum absolute atomic E-state index is 5.92. The van der Waals surface area contributed by atoms with Crippen LogP contribution in [0.4, 0.5) is 0 Å². The molecular weight excluding hydrogens is 245 g/mol. The molecule has 2 nitrogen and oxygen atoms in total. The number of rotatable bonds is 1. The number of halogens is 2. The van der Waals surface area contributed by atoms with Crippen LogP contribution in [-0.2, 0) is 4.74 Å². The third-order valence-electron chi connectivity index (χ3n) is 2.39. The Kier molecular flexibility index (Phi) is 2.72. The zero-order valence-corrected chi connectivity index (χ0v) is 10.6. The second-order valence-electron chi connectivity index (χ2n) is 4.16. The topological polar surface area (TPSA) is 21.6 Å².